The third-order valence-electron chi connectivity index (χ3n) is 4.52. The summed E-state index contributed by atoms with van der Waals surface area (Å²) in [4.78, 5) is 17.0. The normalized spacial score (nSPS) is 16.3. The van der Waals surface area contributed by atoms with Gasteiger partial charge in [0.15, 0.2) is 6.10 Å². The van der Waals surface area contributed by atoms with Gasteiger partial charge in [-0.2, -0.15) is 0 Å². The van der Waals surface area contributed by atoms with Crippen molar-refractivity contribution in [3.8, 4) is 5.75 Å². The van der Waals surface area contributed by atoms with Gasteiger partial charge in [-0.05, 0) is 59.2 Å². The van der Waals surface area contributed by atoms with Crippen LogP contribution in [0.1, 0.15) is 22.7 Å². The second kappa shape index (κ2) is 7.59. The number of ether oxygens (including phenoxy) is 1. The first kappa shape index (κ1) is 17.8. The average Bonchev–Trinajstić information content (AvgIpc) is 3.11. The lowest BCUT2D eigenvalue weighted by molar-refractivity contribution is -0.127. The van der Waals surface area contributed by atoms with Gasteiger partial charge in [-0.15, -0.1) is 0 Å². The van der Waals surface area contributed by atoms with Crippen LogP contribution in [0.4, 0.5) is 0 Å². The third kappa shape index (κ3) is 3.92. The number of hydrogen-bond acceptors (Lipinski definition) is 3. The maximum atomic E-state index is 12.9. The highest BCUT2D eigenvalue weighted by Crippen LogP contribution is 2.32. The minimum Gasteiger partial charge on any atom is -0.480 e. The molecule has 1 aromatic heterocycles. The molecule has 1 aliphatic rings. The van der Waals surface area contributed by atoms with Crippen LogP contribution >= 0.6 is 23.2 Å². The molecule has 0 aliphatic carbocycles. The molecule has 2 heterocycles. The summed E-state index contributed by atoms with van der Waals surface area (Å²) in [7, 11) is 0. The van der Waals surface area contributed by atoms with E-state index in [4.69, 9.17) is 27.9 Å². The number of fused-ring (bicyclic) bond motifs is 1. The molecular formula is C21H16Cl2N2O2. The van der Waals surface area contributed by atoms with Crippen LogP contribution in [0.5, 0.6) is 5.75 Å². The molecule has 4 nitrogen and oxygen atoms in total. The number of amides is 1. The van der Waals surface area contributed by atoms with Gasteiger partial charge in [-0.1, -0.05) is 35.3 Å². The minimum absolute atomic E-state index is 0.181. The van der Waals surface area contributed by atoms with E-state index in [-0.39, 0.29) is 11.9 Å². The van der Waals surface area contributed by atoms with Gasteiger partial charge < -0.3 is 10.1 Å². The molecule has 27 heavy (non-hydrogen) atoms. The molecule has 3 aromatic rings. The Balaban J connectivity index is 1.57. The molecule has 6 heteroatoms. The molecule has 0 fully saturated rings. The Morgan fingerprint density at radius 2 is 1.67 bits per heavy atom. The van der Waals surface area contributed by atoms with Gasteiger partial charge in [0.05, 0.1) is 6.04 Å². The average molecular weight is 399 g/mol. The lowest BCUT2D eigenvalue weighted by Crippen LogP contribution is -2.40. The summed E-state index contributed by atoms with van der Waals surface area (Å²) in [6.45, 7) is 0. The van der Waals surface area contributed by atoms with Crippen molar-refractivity contribution in [1.29, 1.82) is 0 Å². The van der Waals surface area contributed by atoms with Crippen molar-refractivity contribution in [2.75, 3.05) is 0 Å². The topological polar surface area (TPSA) is 51.2 Å². The van der Waals surface area contributed by atoms with Gasteiger partial charge in [-0.25, -0.2) is 0 Å². The zero-order valence-electron chi connectivity index (χ0n) is 14.2. The van der Waals surface area contributed by atoms with E-state index in [1.54, 1.807) is 36.7 Å². The molecule has 136 valence electrons. The number of benzene rings is 2. The minimum atomic E-state index is -0.588. The molecule has 1 N–H and O–H groups in total. The standard InChI is InChI=1S/C21H16Cl2N2O2/c22-16-3-1-13(2-4-16)20(14-7-9-24-10-8-14)25-21(26)19-12-15-11-17(23)5-6-18(15)27-19/h1-11,19-20H,12H2,(H,25,26). The summed E-state index contributed by atoms with van der Waals surface area (Å²) in [6.07, 6.45) is 3.31. The SMILES string of the molecule is O=C(NC(c1ccncc1)c1ccc(Cl)cc1)C1Cc2cc(Cl)ccc2O1. The van der Waals surface area contributed by atoms with Gasteiger partial charge in [0, 0.05) is 28.9 Å². The maximum Gasteiger partial charge on any atom is 0.262 e. The molecule has 0 spiro atoms. The van der Waals surface area contributed by atoms with E-state index in [9.17, 15) is 4.79 Å². The summed E-state index contributed by atoms with van der Waals surface area (Å²) < 4.78 is 5.81. The van der Waals surface area contributed by atoms with Crippen LogP contribution < -0.4 is 10.1 Å². The zero-order valence-corrected chi connectivity index (χ0v) is 15.7. The van der Waals surface area contributed by atoms with E-state index >= 15 is 0 Å². The van der Waals surface area contributed by atoms with E-state index in [0.29, 0.717) is 22.2 Å². The number of halogens is 2. The smallest absolute Gasteiger partial charge is 0.262 e. The summed E-state index contributed by atoms with van der Waals surface area (Å²) in [6, 6.07) is 16.2. The molecule has 4 rings (SSSR count). The summed E-state index contributed by atoms with van der Waals surface area (Å²) >= 11 is 12.0. The van der Waals surface area contributed by atoms with Gasteiger partial charge in [-0.3, -0.25) is 9.78 Å². The lowest BCUT2D eigenvalue weighted by Gasteiger charge is -2.21. The van der Waals surface area contributed by atoms with Gasteiger partial charge in [0.25, 0.3) is 5.91 Å². The zero-order chi connectivity index (χ0) is 18.8. The number of nitrogens with one attached hydrogen (secondary N) is 1. The van der Waals surface area contributed by atoms with E-state index in [0.717, 1.165) is 16.7 Å². The van der Waals surface area contributed by atoms with Crippen molar-refractivity contribution in [1.82, 2.24) is 10.3 Å². The Bertz CT molecular complexity index is 962. The first-order valence-corrected chi connectivity index (χ1v) is 9.26. The molecule has 2 atom stereocenters. The fraction of sp³-hybridized carbons (Fsp3) is 0.143. The number of carbonyl (C=O) groups is 1. The molecular weight excluding hydrogens is 383 g/mol. The Hall–Kier alpha value is -2.56. The number of rotatable bonds is 4. The van der Waals surface area contributed by atoms with Crippen molar-refractivity contribution in [2.24, 2.45) is 0 Å². The second-order valence-electron chi connectivity index (χ2n) is 6.34. The van der Waals surface area contributed by atoms with Gasteiger partial charge in [0.1, 0.15) is 5.75 Å². The quantitative estimate of drug-likeness (QED) is 0.698. The second-order valence-corrected chi connectivity index (χ2v) is 7.21. The van der Waals surface area contributed by atoms with E-state index in [1.807, 2.05) is 30.3 Å². The summed E-state index contributed by atoms with van der Waals surface area (Å²) in [5.74, 6) is 0.519. The number of aromatic nitrogens is 1. The fourth-order valence-electron chi connectivity index (χ4n) is 3.17. The molecule has 0 radical (unpaired) electrons. The van der Waals surface area contributed by atoms with Crippen molar-refractivity contribution in [3.05, 3.63) is 93.7 Å². The third-order valence-corrected chi connectivity index (χ3v) is 5.01. The Morgan fingerprint density at radius 1 is 1.00 bits per heavy atom. The first-order chi connectivity index (χ1) is 13.1. The fourth-order valence-corrected chi connectivity index (χ4v) is 3.49. The lowest BCUT2D eigenvalue weighted by atomic mass is 9.99. The first-order valence-electron chi connectivity index (χ1n) is 8.51. The number of pyridine rings is 1. The van der Waals surface area contributed by atoms with E-state index in [2.05, 4.69) is 10.3 Å². The Labute approximate surface area is 167 Å². The predicted molar refractivity (Wildman–Crippen MR) is 105 cm³/mol. The van der Waals surface area contributed by atoms with Crippen molar-refractivity contribution < 1.29 is 9.53 Å². The van der Waals surface area contributed by atoms with E-state index in [1.165, 1.54) is 0 Å². The van der Waals surface area contributed by atoms with E-state index < -0.39 is 6.10 Å². The molecule has 2 unspecified atom stereocenters. The maximum absolute atomic E-state index is 12.9. The number of carbonyl (C=O) groups excluding carboxylic acids is 1. The van der Waals surface area contributed by atoms with Crippen molar-refractivity contribution >= 4 is 29.1 Å². The molecule has 1 aliphatic heterocycles. The van der Waals surface area contributed by atoms with Gasteiger partial charge >= 0.3 is 0 Å². The van der Waals surface area contributed by atoms with Crippen LogP contribution in [0.2, 0.25) is 10.0 Å². The molecule has 0 bridgehead atoms. The number of hydrogen-bond donors (Lipinski definition) is 1. The highest BCUT2D eigenvalue weighted by molar-refractivity contribution is 6.30. The monoisotopic (exact) mass is 398 g/mol. The summed E-state index contributed by atoms with van der Waals surface area (Å²) in [5.41, 5.74) is 2.80. The van der Waals surface area contributed by atoms with Crippen LogP contribution in [-0.2, 0) is 11.2 Å². The van der Waals surface area contributed by atoms with Crippen molar-refractivity contribution in [2.45, 2.75) is 18.6 Å². The molecule has 0 saturated heterocycles. The van der Waals surface area contributed by atoms with Crippen molar-refractivity contribution in [3.63, 3.8) is 0 Å². The molecule has 2 aromatic carbocycles. The summed E-state index contributed by atoms with van der Waals surface area (Å²) in [5, 5.41) is 4.37. The number of nitrogens with zero attached hydrogens (tertiary/aromatic N) is 1. The van der Waals surface area contributed by atoms with Crippen LogP contribution in [0.25, 0.3) is 0 Å². The highest BCUT2D eigenvalue weighted by Gasteiger charge is 2.31. The Morgan fingerprint density at radius 3 is 2.41 bits per heavy atom. The largest absolute Gasteiger partial charge is 0.480 e. The van der Waals surface area contributed by atoms with Crippen LogP contribution in [0, 0.1) is 0 Å². The van der Waals surface area contributed by atoms with Crippen LogP contribution in [0.15, 0.2) is 67.0 Å². The Kier molecular flexibility index (Phi) is 5.01. The van der Waals surface area contributed by atoms with Gasteiger partial charge in [0.2, 0.25) is 0 Å². The molecule has 0 saturated carbocycles. The van der Waals surface area contributed by atoms with Crippen LogP contribution in [0.3, 0.4) is 0 Å². The molecule has 1 amide bonds. The van der Waals surface area contributed by atoms with Crippen LogP contribution in [-0.4, -0.2) is 17.0 Å². The predicted octanol–water partition coefficient (Wildman–Crippen LogP) is 4.60. The highest BCUT2D eigenvalue weighted by atomic mass is 35.5.